The highest BCUT2D eigenvalue weighted by atomic mass is 35.5. The molecular formula is C12H12ClFN2O3. The fourth-order valence-corrected chi connectivity index (χ4v) is 1.78. The third-order valence-electron chi connectivity index (χ3n) is 2.45. The Hall–Kier alpha value is -1.82. The van der Waals surface area contributed by atoms with Crippen LogP contribution < -0.4 is 5.32 Å². The van der Waals surface area contributed by atoms with E-state index in [1.54, 1.807) is 0 Å². The van der Waals surface area contributed by atoms with E-state index in [4.69, 9.17) is 21.1 Å². The van der Waals surface area contributed by atoms with Crippen molar-refractivity contribution in [2.75, 3.05) is 5.32 Å². The van der Waals surface area contributed by atoms with E-state index in [0.717, 1.165) is 6.07 Å². The number of halogens is 2. The molecule has 19 heavy (non-hydrogen) atoms. The Morgan fingerprint density at radius 2 is 2.16 bits per heavy atom. The van der Waals surface area contributed by atoms with Crippen LogP contribution in [0, 0.1) is 5.82 Å². The number of anilines is 1. The minimum absolute atomic E-state index is 0.00248. The second-order valence-corrected chi connectivity index (χ2v) is 5.50. The summed E-state index contributed by atoms with van der Waals surface area (Å²) in [4.78, 5) is 14.9. The lowest BCUT2D eigenvalue weighted by Gasteiger charge is -2.11. The third kappa shape index (κ3) is 2.49. The van der Waals surface area contributed by atoms with Crippen molar-refractivity contribution in [3.05, 3.63) is 22.8 Å². The highest BCUT2D eigenvalue weighted by molar-refractivity contribution is 6.35. The maximum atomic E-state index is 13.7. The summed E-state index contributed by atoms with van der Waals surface area (Å²) in [5.74, 6) is -0.458. The van der Waals surface area contributed by atoms with Crippen molar-refractivity contribution in [2.45, 2.75) is 26.2 Å². The Labute approximate surface area is 113 Å². The lowest BCUT2D eigenvalue weighted by molar-refractivity contribution is 0.209. The highest BCUT2D eigenvalue weighted by Crippen LogP contribution is 2.35. The lowest BCUT2D eigenvalue weighted by atomic mass is 9.97. The fraction of sp³-hybridized carbons (Fsp3) is 0.333. The predicted molar refractivity (Wildman–Crippen MR) is 69.3 cm³/mol. The maximum Gasteiger partial charge on any atom is 0.409 e. The third-order valence-corrected chi connectivity index (χ3v) is 2.73. The molecule has 2 N–H and O–H groups in total. The molecule has 7 heteroatoms. The molecule has 0 saturated carbocycles. The minimum atomic E-state index is -1.39. The zero-order valence-corrected chi connectivity index (χ0v) is 11.3. The molecule has 0 aliphatic carbocycles. The van der Waals surface area contributed by atoms with Crippen molar-refractivity contribution in [1.82, 2.24) is 4.98 Å². The Balaban J connectivity index is 2.74. The van der Waals surface area contributed by atoms with Crippen LogP contribution in [0.4, 0.5) is 14.9 Å². The first-order chi connectivity index (χ1) is 8.70. The number of amides is 1. The van der Waals surface area contributed by atoms with E-state index in [2.05, 4.69) is 4.98 Å². The summed E-state index contributed by atoms with van der Waals surface area (Å²) in [6.07, 6.45) is -1.39. The zero-order chi connectivity index (χ0) is 14.4. The summed E-state index contributed by atoms with van der Waals surface area (Å²) in [7, 11) is 0. The van der Waals surface area contributed by atoms with Gasteiger partial charge < -0.3 is 9.52 Å². The molecule has 102 valence electrons. The van der Waals surface area contributed by atoms with E-state index < -0.39 is 17.3 Å². The molecule has 0 unspecified atom stereocenters. The summed E-state index contributed by atoms with van der Waals surface area (Å²) in [6.45, 7) is 5.60. The van der Waals surface area contributed by atoms with E-state index in [-0.39, 0.29) is 21.8 Å². The lowest BCUT2D eigenvalue weighted by Crippen LogP contribution is -2.11. The number of fused-ring (bicyclic) bond motifs is 1. The standard InChI is InChI=1S/C12H12ClFN2O3/c1-12(2,3)10-15-7-5(13)4-6(14)8(9(7)19-10)16-11(17)18/h4,16H,1-3H3,(H,17,18). The van der Waals surface area contributed by atoms with E-state index in [1.807, 2.05) is 26.1 Å². The van der Waals surface area contributed by atoms with Gasteiger partial charge in [-0.05, 0) is 6.07 Å². The topological polar surface area (TPSA) is 75.4 Å². The first kappa shape index (κ1) is 13.6. The van der Waals surface area contributed by atoms with Gasteiger partial charge in [0.1, 0.15) is 11.2 Å². The van der Waals surface area contributed by atoms with Crippen LogP contribution in [0.15, 0.2) is 10.5 Å². The molecule has 2 rings (SSSR count). The molecule has 0 aliphatic heterocycles. The molecule has 1 heterocycles. The number of hydrogen-bond donors (Lipinski definition) is 2. The Bertz CT molecular complexity index is 661. The van der Waals surface area contributed by atoms with Crippen molar-refractivity contribution in [2.24, 2.45) is 0 Å². The van der Waals surface area contributed by atoms with Gasteiger partial charge in [-0.2, -0.15) is 0 Å². The second kappa shape index (κ2) is 4.38. The fourth-order valence-electron chi connectivity index (χ4n) is 1.56. The number of carboxylic acid groups (broad SMARTS) is 1. The molecule has 2 aromatic rings. The van der Waals surface area contributed by atoms with Gasteiger partial charge in [-0.25, -0.2) is 14.2 Å². The molecule has 1 amide bonds. The monoisotopic (exact) mass is 286 g/mol. The summed E-state index contributed by atoms with van der Waals surface area (Å²) < 4.78 is 19.2. The molecule has 0 aliphatic rings. The van der Waals surface area contributed by atoms with Gasteiger partial charge in [0, 0.05) is 5.41 Å². The summed E-state index contributed by atoms with van der Waals surface area (Å²) in [5, 5.41) is 10.7. The van der Waals surface area contributed by atoms with Crippen LogP contribution in [0.5, 0.6) is 0 Å². The molecule has 5 nitrogen and oxygen atoms in total. The maximum absolute atomic E-state index is 13.7. The van der Waals surface area contributed by atoms with Crippen LogP contribution >= 0.6 is 11.6 Å². The number of nitrogens with zero attached hydrogens (tertiary/aromatic N) is 1. The molecule has 0 atom stereocenters. The first-order valence-corrected chi connectivity index (χ1v) is 5.87. The van der Waals surface area contributed by atoms with E-state index >= 15 is 0 Å². The number of carbonyl (C=O) groups is 1. The number of aromatic nitrogens is 1. The summed E-state index contributed by atoms with van der Waals surface area (Å²) in [6, 6.07) is 1.00. The van der Waals surface area contributed by atoms with Gasteiger partial charge in [-0.15, -0.1) is 0 Å². The Morgan fingerprint density at radius 1 is 1.53 bits per heavy atom. The molecular weight excluding hydrogens is 275 g/mol. The number of nitrogens with one attached hydrogen (secondary N) is 1. The quantitative estimate of drug-likeness (QED) is 0.830. The van der Waals surface area contributed by atoms with Crippen molar-refractivity contribution >= 4 is 34.5 Å². The van der Waals surface area contributed by atoms with Gasteiger partial charge in [0.05, 0.1) is 5.02 Å². The van der Waals surface area contributed by atoms with Gasteiger partial charge >= 0.3 is 6.09 Å². The van der Waals surface area contributed by atoms with Gasteiger partial charge in [0.25, 0.3) is 0 Å². The van der Waals surface area contributed by atoms with Gasteiger partial charge in [0.2, 0.25) is 5.89 Å². The molecule has 1 aromatic heterocycles. The molecule has 0 bridgehead atoms. The minimum Gasteiger partial charge on any atom is -0.465 e. The number of oxazole rings is 1. The smallest absolute Gasteiger partial charge is 0.409 e. The van der Waals surface area contributed by atoms with Gasteiger partial charge in [0.15, 0.2) is 11.4 Å². The van der Waals surface area contributed by atoms with Crippen molar-refractivity contribution in [1.29, 1.82) is 0 Å². The van der Waals surface area contributed by atoms with Crippen molar-refractivity contribution < 1.29 is 18.7 Å². The van der Waals surface area contributed by atoms with Gasteiger partial charge in [-0.3, -0.25) is 5.32 Å². The van der Waals surface area contributed by atoms with Crippen molar-refractivity contribution in [3.63, 3.8) is 0 Å². The van der Waals surface area contributed by atoms with Gasteiger partial charge in [-0.1, -0.05) is 32.4 Å². The van der Waals surface area contributed by atoms with E-state index in [9.17, 15) is 9.18 Å². The van der Waals surface area contributed by atoms with Crippen LogP contribution in [0.2, 0.25) is 5.02 Å². The summed E-state index contributed by atoms with van der Waals surface area (Å²) >= 11 is 5.90. The van der Waals surface area contributed by atoms with Crippen LogP contribution in [0.3, 0.4) is 0 Å². The molecule has 0 fully saturated rings. The first-order valence-electron chi connectivity index (χ1n) is 5.49. The number of rotatable bonds is 1. The van der Waals surface area contributed by atoms with Crippen LogP contribution in [0.1, 0.15) is 26.7 Å². The van der Waals surface area contributed by atoms with E-state index in [1.165, 1.54) is 0 Å². The molecule has 0 saturated heterocycles. The molecule has 1 aromatic carbocycles. The van der Waals surface area contributed by atoms with E-state index in [0.29, 0.717) is 5.89 Å². The zero-order valence-electron chi connectivity index (χ0n) is 10.5. The Morgan fingerprint density at radius 3 is 2.68 bits per heavy atom. The van der Waals surface area contributed by atoms with Crippen LogP contribution in [0.25, 0.3) is 11.1 Å². The second-order valence-electron chi connectivity index (χ2n) is 5.09. The predicted octanol–water partition coefficient (Wildman–Crippen LogP) is 4.01. The largest absolute Gasteiger partial charge is 0.465 e. The number of benzene rings is 1. The molecule has 0 radical (unpaired) electrons. The summed E-state index contributed by atoms with van der Waals surface area (Å²) in [5.41, 5.74) is -0.455. The SMILES string of the molecule is CC(C)(C)c1nc2c(Cl)cc(F)c(NC(=O)O)c2o1. The van der Waals surface area contributed by atoms with Crippen molar-refractivity contribution in [3.8, 4) is 0 Å². The molecule has 0 spiro atoms. The Kier molecular flexibility index (Phi) is 3.14. The normalized spacial score (nSPS) is 11.8. The van der Waals surface area contributed by atoms with Crippen LogP contribution in [-0.4, -0.2) is 16.2 Å². The average Bonchev–Trinajstić information content (AvgIpc) is 2.68. The average molecular weight is 287 g/mol. The number of hydrogen-bond acceptors (Lipinski definition) is 3. The highest BCUT2D eigenvalue weighted by Gasteiger charge is 2.25. The van der Waals surface area contributed by atoms with Crippen LogP contribution in [-0.2, 0) is 5.41 Å².